The second-order valence-electron chi connectivity index (χ2n) is 7.05. The highest BCUT2D eigenvalue weighted by Crippen LogP contribution is 2.10. The molecular weight excluding hydrogens is 328 g/mol. The van der Waals surface area contributed by atoms with Gasteiger partial charge in [0.15, 0.2) is 5.96 Å². The summed E-state index contributed by atoms with van der Waals surface area (Å²) in [6, 6.07) is 10.1. The Hall–Kier alpha value is -2.83. The van der Waals surface area contributed by atoms with Crippen LogP contribution in [-0.4, -0.2) is 40.8 Å². The molecule has 1 aromatic carbocycles. The molecule has 26 heavy (non-hydrogen) atoms. The number of guanidine groups is 1. The standard InChI is InChI=1S/C19H28N6O/c1-19(2,3)24-17(26)13-22-18(20-4)21-12-15-8-5-6-9-16(15)14-25-11-7-10-23-25/h5-11H,12-14H2,1-4H3,(H,24,26)(H2,20,21,22). The van der Waals surface area contributed by atoms with E-state index in [1.54, 1.807) is 13.2 Å². The molecule has 7 heteroatoms. The average Bonchev–Trinajstić information content (AvgIpc) is 3.08. The molecular formula is C19H28N6O. The van der Waals surface area contributed by atoms with Crippen LogP contribution in [0.2, 0.25) is 0 Å². The summed E-state index contributed by atoms with van der Waals surface area (Å²) in [6.07, 6.45) is 3.72. The fourth-order valence-electron chi connectivity index (χ4n) is 2.48. The van der Waals surface area contributed by atoms with E-state index in [0.29, 0.717) is 19.0 Å². The lowest BCUT2D eigenvalue weighted by atomic mass is 10.1. The molecule has 0 aliphatic carbocycles. The second-order valence-corrected chi connectivity index (χ2v) is 7.05. The molecule has 1 aromatic heterocycles. The molecule has 0 unspecified atom stereocenters. The number of aromatic nitrogens is 2. The average molecular weight is 356 g/mol. The molecule has 0 aliphatic heterocycles. The predicted molar refractivity (Wildman–Crippen MR) is 104 cm³/mol. The van der Waals surface area contributed by atoms with Crippen molar-refractivity contribution in [3.63, 3.8) is 0 Å². The summed E-state index contributed by atoms with van der Waals surface area (Å²) in [4.78, 5) is 16.1. The summed E-state index contributed by atoms with van der Waals surface area (Å²) >= 11 is 0. The van der Waals surface area contributed by atoms with Crippen molar-refractivity contribution < 1.29 is 4.79 Å². The third kappa shape index (κ3) is 6.58. The number of hydrogen-bond donors (Lipinski definition) is 3. The van der Waals surface area contributed by atoms with Crippen molar-refractivity contribution in [3.8, 4) is 0 Å². The van der Waals surface area contributed by atoms with Crippen LogP contribution in [-0.2, 0) is 17.9 Å². The fourth-order valence-corrected chi connectivity index (χ4v) is 2.48. The van der Waals surface area contributed by atoms with Crippen LogP contribution in [0.5, 0.6) is 0 Å². The van der Waals surface area contributed by atoms with E-state index in [-0.39, 0.29) is 18.0 Å². The number of benzene rings is 1. The zero-order chi connectivity index (χ0) is 19.0. The van der Waals surface area contributed by atoms with Crippen LogP contribution in [0.1, 0.15) is 31.9 Å². The number of aliphatic imine (C=N–C) groups is 1. The van der Waals surface area contributed by atoms with Gasteiger partial charge in [0.05, 0.1) is 13.1 Å². The Morgan fingerprint density at radius 1 is 1.15 bits per heavy atom. The Morgan fingerprint density at radius 2 is 1.88 bits per heavy atom. The van der Waals surface area contributed by atoms with Gasteiger partial charge < -0.3 is 16.0 Å². The number of rotatable bonds is 6. The molecule has 1 amide bonds. The molecule has 0 saturated heterocycles. The van der Waals surface area contributed by atoms with Crippen molar-refractivity contribution in [2.75, 3.05) is 13.6 Å². The first-order chi connectivity index (χ1) is 12.4. The summed E-state index contributed by atoms with van der Waals surface area (Å²) in [7, 11) is 1.69. The van der Waals surface area contributed by atoms with Gasteiger partial charge in [0, 0.05) is 31.5 Å². The van der Waals surface area contributed by atoms with Crippen LogP contribution in [0.15, 0.2) is 47.7 Å². The highest BCUT2D eigenvalue weighted by Gasteiger charge is 2.13. The van der Waals surface area contributed by atoms with Gasteiger partial charge in [0.1, 0.15) is 0 Å². The summed E-state index contributed by atoms with van der Waals surface area (Å²) in [6.45, 7) is 7.35. The molecule has 0 atom stereocenters. The largest absolute Gasteiger partial charge is 0.352 e. The fraction of sp³-hybridized carbons (Fsp3) is 0.421. The number of nitrogens with one attached hydrogen (secondary N) is 3. The van der Waals surface area contributed by atoms with Gasteiger partial charge >= 0.3 is 0 Å². The number of carbonyl (C=O) groups excluding carboxylic acids is 1. The minimum absolute atomic E-state index is 0.0699. The van der Waals surface area contributed by atoms with Gasteiger partial charge in [-0.15, -0.1) is 0 Å². The van der Waals surface area contributed by atoms with Crippen molar-refractivity contribution in [1.82, 2.24) is 25.7 Å². The van der Waals surface area contributed by atoms with Crippen LogP contribution in [0.4, 0.5) is 0 Å². The van der Waals surface area contributed by atoms with Crippen molar-refractivity contribution in [3.05, 3.63) is 53.9 Å². The maximum absolute atomic E-state index is 11.9. The van der Waals surface area contributed by atoms with E-state index in [4.69, 9.17) is 0 Å². The molecule has 0 spiro atoms. The minimum Gasteiger partial charge on any atom is -0.352 e. The normalized spacial score (nSPS) is 11.9. The third-order valence-corrected chi connectivity index (χ3v) is 3.61. The molecule has 0 fully saturated rings. The SMILES string of the molecule is CN=C(NCC(=O)NC(C)(C)C)NCc1ccccc1Cn1cccn1. The van der Waals surface area contributed by atoms with E-state index >= 15 is 0 Å². The van der Waals surface area contributed by atoms with Crippen molar-refractivity contribution in [1.29, 1.82) is 0 Å². The summed E-state index contributed by atoms with van der Waals surface area (Å²) < 4.78 is 1.89. The Balaban J connectivity index is 1.89. The molecule has 2 rings (SSSR count). The number of hydrogen-bond acceptors (Lipinski definition) is 3. The summed E-state index contributed by atoms with van der Waals surface area (Å²) in [5.41, 5.74) is 2.09. The van der Waals surface area contributed by atoms with Gasteiger partial charge in [0.25, 0.3) is 0 Å². The van der Waals surface area contributed by atoms with E-state index in [1.165, 1.54) is 5.56 Å². The van der Waals surface area contributed by atoms with E-state index in [1.807, 2.05) is 49.8 Å². The van der Waals surface area contributed by atoms with Crippen LogP contribution < -0.4 is 16.0 Å². The Morgan fingerprint density at radius 3 is 2.50 bits per heavy atom. The maximum Gasteiger partial charge on any atom is 0.239 e. The molecule has 7 nitrogen and oxygen atoms in total. The molecule has 2 aromatic rings. The van der Waals surface area contributed by atoms with Crippen LogP contribution in [0.3, 0.4) is 0 Å². The second kappa shape index (κ2) is 9.03. The third-order valence-electron chi connectivity index (χ3n) is 3.61. The zero-order valence-corrected chi connectivity index (χ0v) is 15.9. The first kappa shape index (κ1) is 19.5. The van der Waals surface area contributed by atoms with E-state index in [0.717, 1.165) is 5.56 Å². The molecule has 3 N–H and O–H groups in total. The van der Waals surface area contributed by atoms with Gasteiger partial charge in [-0.1, -0.05) is 24.3 Å². The lowest BCUT2D eigenvalue weighted by Crippen LogP contribution is -2.48. The monoisotopic (exact) mass is 356 g/mol. The Labute approximate surface area is 154 Å². The molecule has 0 aliphatic rings. The lowest BCUT2D eigenvalue weighted by molar-refractivity contribution is -0.121. The molecule has 140 valence electrons. The smallest absolute Gasteiger partial charge is 0.239 e. The zero-order valence-electron chi connectivity index (χ0n) is 15.9. The van der Waals surface area contributed by atoms with Crippen LogP contribution >= 0.6 is 0 Å². The summed E-state index contributed by atoms with van der Waals surface area (Å²) in [5.74, 6) is 0.516. The first-order valence-electron chi connectivity index (χ1n) is 8.67. The Bertz CT molecular complexity index is 731. The van der Waals surface area contributed by atoms with Crippen LogP contribution in [0, 0.1) is 0 Å². The number of carbonyl (C=O) groups is 1. The highest BCUT2D eigenvalue weighted by atomic mass is 16.2. The van der Waals surface area contributed by atoms with Gasteiger partial charge in [-0.05, 0) is 38.0 Å². The van der Waals surface area contributed by atoms with E-state index < -0.39 is 0 Å². The topological polar surface area (TPSA) is 83.3 Å². The molecule has 0 bridgehead atoms. The number of nitrogens with zero attached hydrogens (tertiary/aromatic N) is 3. The van der Waals surface area contributed by atoms with Gasteiger partial charge in [-0.3, -0.25) is 14.5 Å². The minimum atomic E-state index is -0.249. The Kier molecular flexibility index (Phi) is 6.77. The maximum atomic E-state index is 11.9. The number of amides is 1. The van der Waals surface area contributed by atoms with Crippen molar-refractivity contribution in [2.24, 2.45) is 4.99 Å². The van der Waals surface area contributed by atoms with Crippen molar-refractivity contribution in [2.45, 2.75) is 39.4 Å². The predicted octanol–water partition coefficient (Wildman–Crippen LogP) is 1.51. The molecule has 1 heterocycles. The van der Waals surface area contributed by atoms with E-state index in [2.05, 4.69) is 38.2 Å². The lowest BCUT2D eigenvalue weighted by Gasteiger charge is -2.21. The quantitative estimate of drug-likeness (QED) is 0.541. The summed E-state index contributed by atoms with van der Waals surface area (Å²) in [5, 5.41) is 13.5. The van der Waals surface area contributed by atoms with Crippen LogP contribution in [0.25, 0.3) is 0 Å². The molecule has 0 saturated carbocycles. The molecule has 0 radical (unpaired) electrons. The van der Waals surface area contributed by atoms with Gasteiger partial charge in [-0.2, -0.15) is 5.10 Å². The van der Waals surface area contributed by atoms with Gasteiger partial charge in [-0.25, -0.2) is 0 Å². The highest BCUT2D eigenvalue weighted by molar-refractivity contribution is 5.86. The van der Waals surface area contributed by atoms with Crippen molar-refractivity contribution >= 4 is 11.9 Å². The first-order valence-corrected chi connectivity index (χ1v) is 8.67. The van der Waals surface area contributed by atoms with Gasteiger partial charge in [0.2, 0.25) is 5.91 Å². The van der Waals surface area contributed by atoms with E-state index in [9.17, 15) is 4.79 Å².